The topological polar surface area (TPSA) is 184 Å². The smallest absolute Gasteiger partial charge is 0.407 e. The number of imidazole rings is 1. The zero-order chi connectivity index (χ0) is 32.5. The Morgan fingerprint density at radius 2 is 2.10 bits per heavy atom. The minimum absolute atomic E-state index is 0.0443. The number of anilines is 2. The summed E-state index contributed by atoms with van der Waals surface area (Å²) in [5.74, 6) is 0.0115. The van der Waals surface area contributed by atoms with Crippen molar-refractivity contribution in [3.05, 3.63) is 40.6 Å². The molecule has 2 amide bonds. The first-order chi connectivity index (χ1) is 21.2. The quantitative estimate of drug-likeness (QED) is 0.260. The Bertz CT molecular complexity index is 1900. The van der Waals surface area contributed by atoms with Gasteiger partial charge in [0.05, 0.1) is 31.8 Å². The zero-order valence-corrected chi connectivity index (χ0v) is 22.5. The van der Waals surface area contributed by atoms with Crippen LogP contribution in [0.2, 0.25) is 0 Å². The lowest BCUT2D eigenvalue weighted by Gasteiger charge is -2.38. The van der Waals surface area contributed by atoms with Gasteiger partial charge >= 0.3 is 11.8 Å². The number of nitrogens with two attached hydrogens (primary N) is 1. The molecular formula is C27H33N9O5. The average molecular weight is 568 g/mol. The number of primary amides is 1. The number of pyridine rings is 2. The van der Waals surface area contributed by atoms with E-state index in [0.717, 1.165) is 6.42 Å². The predicted octanol–water partition coefficient (Wildman–Crippen LogP) is 2.09. The highest BCUT2D eigenvalue weighted by atomic mass is 16.5. The standard InChI is InChI=1S/C27H33N9O5/c1-14(37)22-17-7-8-20(32-23(17)36(33-22)27(24(28)38)9-4-10-27)31-21-12-18-19(13-29-21)34(2)26(40)35(18)16-6-5-15(11-16)30-25(39)41-3/h7-8,12-16,37H,4-6,9-11H2,1-3H3,(H2,28,38)(H,30,39)(H,29,31,32)/i2D3,15D. The van der Waals surface area contributed by atoms with Crippen LogP contribution in [-0.2, 0) is 22.0 Å². The molecule has 0 saturated heterocycles. The predicted molar refractivity (Wildman–Crippen MR) is 150 cm³/mol. The minimum atomic E-state index is -2.80. The highest BCUT2D eigenvalue weighted by molar-refractivity contribution is 5.88. The maximum absolute atomic E-state index is 13.6. The van der Waals surface area contributed by atoms with Crippen molar-refractivity contribution in [2.45, 2.75) is 69.2 Å². The van der Waals surface area contributed by atoms with Gasteiger partial charge in [0.1, 0.15) is 22.9 Å². The van der Waals surface area contributed by atoms with Gasteiger partial charge in [0, 0.05) is 34.6 Å². The number of carbonyl (C=O) groups is 2. The van der Waals surface area contributed by atoms with E-state index in [1.165, 1.54) is 28.6 Å². The van der Waals surface area contributed by atoms with Crippen molar-refractivity contribution in [2.75, 3.05) is 12.4 Å². The molecule has 3 unspecified atom stereocenters. The number of nitrogens with zero attached hydrogens (tertiary/aromatic N) is 6. The van der Waals surface area contributed by atoms with Crippen molar-refractivity contribution >= 4 is 45.7 Å². The molecule has 2 aliphatic carbocycles. The number of rotatable bonds is 7. The van der Waals surface area contributed by atoms with E-state index in [1.807, 2.05) is 0 Å². The van der Waals surface area contributed by atoms with Crippen LogP contribution in [0.3, 0.4) is 0 Å². The molecule has 2 aliphatic rings. The molecule has 2 fully saturated rings. The summed E-state index contributed by atoms with van der Waals surface area (Å²) in [5.41, 5.74) is 4.99. The number of aryl methyl sites for hydroxylation is 1. The molecule has 4 aromatic heterocycles. The average Bonchev–Trinajstić information content (AvgIpc) is 3.58. The number of hydrogen-bond acceptors (Lipinski definition) is 9. The Labute approximate surface area is 240 Å². The van der Waals surface area contributed by atoms with Crippen molar-refractivity contribution in [3.63, 3.8) is 0 Å². The number of amides is 2. The summed E-state index contributed by atoms with van der Waals surface area (Å²) in [6.45, 7) is -1.23. The van der Waals surface area contributed by atoms with Gasteiger partial charge in [-0.1, -0.05) is 0 Å². The van der Waals surface area contributed by atoms with Crippen LogP contribution in [0, 0.1) is 0 Å². The third-order valence-electron chi connectivity index (χ3n) is 8.11. The van der Waals surface area contributed by atoms with E-state index in [-0.39, 0.29) is 29.7 Å². The third-order valence-corrected chi connectivity index (χ3v) is 8.11. The van der Waals surface area contributed by atoms with E-state index in [9.17, 15) is 19.5 Å². The van der Waals surface area contributed by atoms with Crippen molar-refractivity contribution < 1.29 is 24.9 Å². The largest absolute Gasteiger partial charge is 0.453 e. The molecule has 4 heterocycles. The van der Waals surface area contributed by atoms with Gasteiger partial charge in [0.15, 0.2) is 5.65 Å². The summed E-state index contributed by atoms with van der Waals surface area (Å²) in [6, 6.07) is 2.88. The fourth-order valence-corrected chi connectivity index (χ4v) is 5.80. The van der Waals surface area contributed by atoms with Crippen LogP contribution in [-0.4, -0.2) is 59.1 Å². The maximum Gasteiger partial charge on any atom is 0.407 e. The number of aliphatic hydroxyl groups excluding tert-OH is 1. The maximum atomic E-state index is 13.6. The van der Waals surface area contributed by atoms with E-state index in [1.54, 1.807) is 19.1 Å². The van der Waals surface area contributed by atoms with Crippen LogP contribution in [0.15, 0.2) is 29.2 Å². The summed E-state index contributed by atoms with van der Waals surface area (Å²) < 4.78 is 40.8. The number of carbonyl (C=O) groups excluding carboxylic acids is 2. The molecule has 5 N–H and O–H groups in total. The highest BCUT2D eigenvalue weighted by Gasteiger charge is 2.47. The van der Waals surface area contributed by atoms with Gasteiger partial charge in [-0.25, -0.2) is 24.2 Å². The molecule has 0 radical (unpaired) electrons. The lowest BCUT2D eigenvalue weighted by atomic mass is 9.76. The molecule has 0 aromatic carbocycles. The number of nitrogens with one attached hydrogen (secondary N) is 2. The van der Waals surface area contributed by atoms with Crippen molar-refractivity contribution in [2.24, 2.45) is 12.7 Å². The summed E-state index contributed by atoms with van der Waals surface area (Å²) in [6.07, 6.45) is 1.93. The first-order valence-corrected chi connectivity index (χ1v) is 13.3. The summed E-state index contributed by atoms with van der Waals surface area (Å²) in [5, 5.41) is 21.0. The number of methoxy groups -OCH3 is 1. The first kappa shape index (κ1) is 22.3. The van der Waals surface area contributed by atoms with E-state index in [0.29, 0.717) is 46.4 Å². The summed E-state index contributed by atoms with van der Waals surface area (Å²) >= 11 is 0. The molecule has 2 saturated carbocycles. The van der Waals surface area contributed by atoms with E-state index < -0.39 is 48.4 Å². The molecule has 41 heavy (non-hydrogen) atoms. The van der Waals surface area contributed by atoms with Gasteiger partial charge < -0.3 is 26.2 Å². The van der Waals surface area contributed by atoms with Gasteiger partial charge in [0.2, 0.25) is 5.91 Å². The molecule has 3 atom stereocenters. The van der Waals surface area contributed by atoms with Gasteiger partial charge in [-0.05, 0) is 57.6 Å². The molecule has 14 nitrogen and oxygen atoms in total. The number of hydrogen-bond donors (Lipinski definition) is 4. The Hall–Kier alpha value is -4.46. The van der Waals surface area contributed by atoms with E-state index in [4.69, 9.17) is 16.2 Å². The second kappa shape index (κ2) is 9.87. The van der Waals surface area contributed by atoms with E-state index in [2.05, 4.69) is 25.5 Å². The SMILES string of the molecule is [2H]C1(NC(=O)OC)CCC(n2c(=O)n(C([2H])([2H])[2H])c3cnc(Nc4ccc5c(C(C)O)nn(C6(C(N)=O)CCC6)c5n4)cc32)C1. The number of alkyl carbamates (subject to hydrolysis) is 1. The summed E-state index contributed by atoms with van der Waals surface area (Å²) in [7, 11) is 1.19. The molecule has 0 spiro atoms. The van der Waals surface area contributed by atoms with Gasteiger partial charge in [-0.15, -0.1) is 0 Å². The van der Waals surface area contributed by atoms with Gasteiger partial charge in [-0.2, -0.15) is 5.10 Å². The Morgan fingerprint density at radius 3 is 2.76 bits per heavy atom. The number of aliphatic hydroxyl groups is 1. The monoisotopic (exact) mass is 567 g/mol. The fourth-order valence-electron chi connectivity index (χ4n) is 5.80. The lowest BCUT2D eigenvalue weighted by molar-refractivity contribution is -0.131. The molecule has 4 aromatic rings. The van der Waals surface area contributed by atoms with E-state index >= 15 is 0 Å². The normalized spacial score (nSPS) is 24.1. The number of ether oxygens (including phenoxy) is 1. The van der Waals surface area contributed by atoms with Crippen molar-refractivity contribution in [3.8, 4) is 0 Å². The Kier molecular flexibility index (Phi) is 5.36. The van der Waals surface area contributed by atoms with Crippen LogP contribution in [0.4, 0.5) is 16.4 Å². The van der Waals surface area contributed by atoms with Crippen LogP contribution < -0.4 is 22.1 Å². The molecule has 6 rings (SSSR count). The van der Waals surface area contributed by atoms with Gasteiger partial charge in [0.25, 0.3) is 0 Å². The zero-order valence-electron chi connectivity index (χ0n) is 26.5. The van der Waals surface area contributed by atoms with Crippen molar-refractivity contribution in [1.82, 2.24) is 34.2 Å². The molecule has 216 valence electrons. The van der Waals surface area contributed by atoms with Gasteiger partial charge in [-0.3, -0.25) is 13.9 Å². The Morgan fingerprint density at radius 1 is 1.29 bits per heavy atom. The van der Waals surface area contributed by atoms with Crippen LogP contribution >= 0.6 is 0 Å². The second-order valence-electron chi connectivity index (χ2n) is 10.6. The number of aromatic nitrogens is 6. The summed E-state index contributed by atoms with van der Waals surface area (Å²) in [4.78, 5) is 47.0. The third kappa shape index (κ3) is 4.29. The lowest BCUT2D eigenvalue weighted by Crippen LogP contribution is -2.52. The van der Waals surface area contributed by atoms with Crippen LogP contribution in [0.25, 0.3) is 22.1 Å². The molecule has 14 heteroatoms. The fraction of sp³-hybridized carbons (Fsp3) is 0.481. The first-order valence-electron chi connectivity index (χ1n) is 15.3. The Balaban J connectivity index is 1.42. The molecule has 0 aliphatic heterocycles. The van der Waals surface area contributed by atoms with Crippen LogP contribution in [0.1, 0.15) is 68.8 Å². The van der Waals surface area contributed by atoms with Crippen molar-refractivity contribution in [1.29, 1.82) is 0 Å². The highest BCUT2D eigenvalue weighted by Crippen LogP contribution is 2.41. The number of fused-ring (bicyclic) bond motifs is 2. The second-order valence-corrected chi connectivity index (χ2v) is 10.6. The van der Waals surface area contributed by atoms with Crippen LogP contribution in [0.5, 0.6) is 0 Å². The molecule has 0 bridgehead atoms. The minimum Gasteiger partial charge on any atom is -0.453 e. The molecular weight excluding hydrogens is 530 g/mol.